The quantitative estimate of drug-likeness (QED) is 0.716. The number of carbonyl (C=O) groups is 1. The number of carboxylic acid groups (broad SMARTS) is 1. The van der Waals surface area contributed by atoms with E-state index in [2.05, 4.69) is 30.3 Å². The van der Waals surface area contributed by atoms with Crippen molar-refractivity contribution in [2.75, 3.05) is 6.54 Å². The van der Waals surface area contributed by atoms with Crippen molar-refractivity contribution in [2.45, 2.75) is 59.0 Å². The molecular weight excluding hydrogens is 242 g/mol. The van der Waals surface area contributed by atoms with Crippen LogP contribution in [0.25, 0.3) is 0 Å². The van der Waals surface area contributed by atoms with Gasteiger partial charge in [0.1, 0.15) is 6.04 Å². The molecule has 1 atom stereocenters. The van der Waals surface area contributed by atoms with Crippen molar-refractivity contribution >= 4 is 5.97 Å². The Morgan fingerprint density at radius 2 is 2.16 bits per heavy atom. The fraction of sp³-hybridized carbons (Fsp3) is 0.714. The summed E-state index contributed by atoms with van der Waals surface area (Å²) in [5.41, 5.74) is 2.25. The van der Waals surface area contributed by atoms with Gasteiger partial charge < -0.3 is 10.4 Å². The number of carboxylic acids is 1. The molecule has 2 N–H and O–H groups in total. The standard InChI is InChI=1S/C14H25N3O2/c1-4-8-15-13(14(18)19)7-9-17-12(6-3)10-11(5-2)16-17/h10,13,15H,4-9H2,1-3H3,(H,18,19). The van der Waals surface area contributed by atoms with E-state index in [0.29, 0.717) is 13.0 Å². The lowest BCUT2D eigenvalue weighted by Crippen LogP contribution is -2.38. The second-order valence-corrected chi connectivity index (χ2v) is 4.69. The van der Waals surface area contributed by atoms with E-state index in [4.69, 9.17) is 5.11 Å². The van der Waals surface area contributed by atoms with Crippen LogP contribution in [0.5, 0.6) is 0 Å². The Hall–Kier alpha value is -1.36. The first-order valence-corrected chi connectivity index (χ1v) is 7.14. The van der Waals surface area contributed by atoms with Gasteiger partial charge in [0.15, 0.2) is 0 Å². The molecule has 0 aliphatic heterocycles. The highest BCUT2D eigenvalue weighted by molar-refractivity contribution is 5.73. The molecule has 0 fully saturated rings. The highest BCUT2D eigenvalue weighted by atomic mass is 16.4. The third-order valence-corrected chi connectivity index (χ3v) is 3.21. The average Bonchev–Trinajstić information content (AvgIpc) is 2.80. The Balaban J connectivity index is 2.62. The Morgan fingerprint density at radius 1 is 1.42 bits per heavy atom. The van der Waals surface area contributed by atoms with E-state index in [0.717, 1.165) is 31.5 Å². The molecule has 0 amide bonds. The van der Waals surface area contributed by atoms with Gasteiger partial charge >= 0.3 is 5.97 Å². The Kier molecular flexibility index (Phi) is 6.56. The summed E-state index contributed by atoms with van der Waals surface area (Å²) in [4.78, 5) is 11.2. The molecule has 0 saturated carbocycles. The van der Waals surface area contributed by atoms with Gasteiger partial charge in [-0.15, -0.1) is 0 Å². The number of nitrogens with one attached hydrogen (secondary N) is 1. The third kappa shape index (κ3) is 4.67. The molecule has 1 unspecified atom stereocenters. The zero-order chi connectivity index (χ0) is 14.3. The predicted molar refractivity (Wildman–Crippen MR) is 75.3 cm³/mol. The maximum Gasteiger partial charge on any atom is 0.320 e. The minimum atomic E-state index is -0.783. The second-order valence-electron chi connectivity index (χ2n) is 4.69. The molecule has 0 saturated heterocycles. The molecule has 1 aromatic rings. The van der Waals surface area contributed by atoms with Crippen molar-refractivity contribution in [3.05, 3.63) is 17.5 Å². The fourth-order valence-electron chi connectivity index (χ4n) is 2.05. The van der Waals surface area contributed by atoms with E-state index in [1.54, 1.807) is 0 Å². The van der Waals surface area contributed by atoms with Crippen molar-refractivity contribution in [1.29, 1.82) is 0 Å². The molecule has 0 bridgehead atoms. The van der Waals surface area contributed by atoms with Gasteiger partial charge in [-0.3, -0.25) is 9.48 Å². The Morgan fingerprint density at radius 3 is 2.68 bits per heavy atom. The molecule has 5 heteroatoms. The first-order chi connectivity index (χ1) is 9.12. The summed E-state index contributed by atoms with van der Waals surface area (Å²) >= 11 is 0. The van der Waals surface area contributed by atoms with Crippen LogP contribution in [0.2, 0.25) is 0 Å². The molecule has 0 spiro atoms. The molecular formula is C14H25N3O2. The maximum absolute atomic E-state index is 11.2. The summed E-state index contributed by atoms with van der Waals surface area (Å²) in [5, 5.41) is 16.7. The lowest BCUT2D eigenvalue weighted by atomic mass is 10.2. The van der Waals surface area contributed by atoms with Crippen molar-refractivity contribution in [1.82, 2.24) is 15.1 Å². The number of aryl methyl sites for hydroxylation is 3. The van der Waals surface area contributed by atoms with Crippen LogP contribution >= 0.6 is 0 Å². The largest absolute Gasteiger partial charge is 0.480 e. The normalized spacial score (nSPS) is 12.6. The summed E-state index contributed by atoms with van der Waals surface area (Å²) in [6, 6.07) is 1.62. The molecule has 0 aliphatic carbocycles. The number of rotatable bonds is 9. The summed E-state index contributed by atoms with van der Waals surface area (Å²) in [6.07, 6.45) is 3.34. The predicted octanol–water partition coefficient (Wildman–Crippen LogP) is 1.85. The maximum atomic E-state index is 11.2. The minimum absolute atomic E-state index is 0.487. The van der Waals surface area contributed by atoms with E-state index in [1.807, 2.05) is 11.6 Å². The second kappa shape index (κ2) is 7.94. The van der Waals surface area contributed by atoms with Gasteiger partial charge in [-0.1, -0.05) is 20.8 Å². The number of aliphatic carboxylic acids is 1. The van der Waals surface area contributed by atoms with E-state index < -0.39 is 12.0 Å². The molecule has 1 heterocycles. The van der Waals surface area contributed by atoms with Crippen molar-refractivity contribution in [3.8, 4) is 0 Å². The van der Waals surface area contributed by atoms with Crippen LogP contribution in [0.3, 0.4) is 0 Å². The Labute approximate surface area is 115 Å². The van der Waals surface area contributed by atoms with E-state index in [-0.39, 0.29) is 0 Å². The van der Waals surface area contributed by atoms with Gasteiger partial charge in [-0.05, 0) is 38.3 Å². The van der Waals surface area contributed by atoms with Gasteiger partial charge in [0.2, 0.25) is 0 Å². The van der Waals surface area contributed by atoms with Gasteiger partial charge in [0, 0.05) is 12.2 Å². The zero-order valence-corrected chi connectivity index (χ0v) is 12.1. The lowest BCUT2D eigenvalue weighted by molar-refractivity contribution is -0.139. The third-order valence-electron chi connectivity index (χ3n) is 3.21. The van der Waals surface area contributed by atoms with Crippen LogP contribution in [0, 0.1) is 0 Å². The summed E-state index contributed by atoms with van der Waals surface area (Å²) in [7, 11) is 0. The van der Waals surface area contributed by atoms with Crippen molar-refractivity contribution in [2.24, 2.45) is 0 Å². The summed E-state index contributed by atoms with van der Waals surface area (Å²) in [6.45, 7) is 7.59. The van der Waals surface area contributed by atoms with Crippen LogP contribution in [0.1, 0.15) is 45.0 Å². The number of hydrogen-bond donors (Lipinski definition) is 2. The molecule has 0 aliphatic rings. The zero-order valence-electron chi connectivity index (χ0n) is 12.1. The molecule has 0 radical (unpaired) electrons. The smallest absolute Gasteiger partial charge is 0.320 e. The van der Waals surface area contributed by atoms with Crippen LogP contribution in [-0.4, -0.2) is 33.4 Å². The van der Waals surface area contributed by atoms with E-state index in [1.165, 1.54) is 5.69 Å². The van der Waals surface area contributed by atoms with E-state index >= 15 is 0 Å². The number of hydrogen-bond acceptors (Lipinski definition) is 3. The van der Waals surface area contributed by atoms with Crippen LogP contribution in [0.15, 0.2) is 6.07 Å². The first-order valence-electron chi connectivity index (χ1n) is 7.14. The molecule has 1 rings (SSSR count). The molecule has 108 valence electrons. The minimum Gasteiger partial charge on any atom is -0.480 e. The van der Waals surface area contributed by atoms with Crippen LogP contribution in [-0.2, 0) is 24.2 Å². The fourth-order valence-corrected chi connectivity index (χ4v) is 2.05. The van der Waals surface area contributed by atoms with Crippen molar-refractivity contribution in [3.63, 3.8) is 0 Å². The van der Waals surface area contributed by atoms with Crippen LogP contribution < -0.4 is 5.32 Å². The number of nitrogens with zero attached hydrogens (tertiary/aromatic N) is 2. The van der Waals surface area contributed by atoms with Crippen LogP contribution in [0.4, 0.5) is 0 Å². The molecule has 1 aromatic heterocycles. The van der Waals surface area contributed by atoms with Gasteiger partial charge in [0.05, 0.1) is 5.69 Å². The Bertz CT molecular complexity index is 401. The summed E-state index contributed by atoms with van der Waals surface area (Å²) < 4.78 is 1.95. The SMILES string of the molecule is CCCNC(CCn1nc(CC)cc1CC)C(=O)O. The summed E-state index contributed by atoms with van der Waals surface area (Å²) in [5.74, 6) is -0.783. The molecule has 5 nitrogen and oxygen atoms in total. The number of aromatic nitrogens is 2. The van der Waals surface area contributed by atoms with Gasteiger partial charge in [0.25, 0.3) is 0 Å². The topological polar surface area (TPSA) is 67.2 Å². The van der Waals surface area contributed by atoms with E-state index in [9.17, 15) is 4.79 Å². The highest BCUT2D eigenvalue weighted by Gasteiger charge is 2.17. The van der Waals surface area contributed by atoms with Gasteiger partial charge in [-0.2, -0.15) is 5.10 Å². The first kappa shape index (κ1) is 15.7. The molecule has 19 heavy (non-hydrogen) atoms. The lowest BCUT2D eigenvalue weighted by Gasteiger charge is -2.14. The average molecular weight is 267 g/mol. The monoisotopic (exact) mass is 267 g/mol. The van der Waals surface area contributed by atoms with Gasteiger partial charge in [-0.25, -0.2) is 0 Å². The highest BCUT2D eigenvalue weighted by Crippen LogP contribution is 2.08. The van der Waals surface area contributed by atoms with Crippen molar-refractivity contribution < 1.29 is 9.90 Å². The molecule has 0 aromatic carbocycles.